The van der Waals surface area contributed by atoms with Crippen molar-refractivity contribution in [3.63, 3.8) is 0 Å². The van der Waals surface area contributed by atoms with Crippen LogP contribution in [0.15, 0.2) is 90.4 Å². The third-order valence-corrected chi connectivity index (χ3v) is 5.45. The summed E-state index contributed by atoms with van der Waals surface area (Å²) < 4.78 is 4.06. The molecule has 7 nitrogen and oxygen atoms in total. The normalized spacial score (nSPS) is 12.5. The van der Waals surface area contributed by atoms with Gasteiger partial charge in [0.1, 0.15) is 5.82 Å². The molecular formula is C24H26ClN7. The van der Waals surface area contributed by atoms with Gasteiger partial charge in [-0.05, 0) is 29.3 Å². The van der Waals surface area contributed by atoms with E-state index in [0.29, 0.717) is 24.1 Å². The summed E-state index contributed by atoms with van der Waals surface area (Å²) >= 11 is 6.07. The van der Waals surface area contributed by atoms with Crippen molar-refractivity contribution in [2.45, 2.75) is 19.1 Å². The van der Waals surface area contributed by atoms with Gasteiger partial charge in [0.25, 0.3) is 0 Å². The monoisotopic (exact) mass is 447 g/mol. The molecule has 1 unspecified atom stereocenters. The number of hydrogen-bond donors (Lipinski definition) is 2. The van der Waals surface area contributed by atoms with Gasteiger partial charge in [-0.2, -0.15) is 5.10 Å². The molecular weight excluding hydrogens is 422 g/mol. The van der Waals surface area contributed by atoms with Crippen LogP contribution in [0.2, 0.25) is 5.02 Å². The zero-order valence-electron chi connectivity index (χ0n) is 17.9. The van der Waals surface area contributed by atoms with Gasteiger partial charge < -0.3 is 15.2 Å². The number of nitrogens with one attached hydrogen (secondary N) is 2. The highest BCUT2D eigenvalue weighted by Gasteiger charge is 2.15. The predicted octanol–water partition coefficient (Wildman–Crippen LogP) is 3.74. The summed E-state index contributed by atoms with van der Waals surface area (Å²) in [6.07, 6.45) is 7.55. The molecule has 2 aromatic heterocycles. The van der Waals surface area contributed by atoms with Crippen LogP contribution in [0.4, 0.5) is 0 Å². The number of aliphatic imine (C=N–C) groups is 1. The molecule has 2 aromatic carbocycles. The van der Waals surface area contributed by atoms with E-state index in [4.69, 9.17) is 11.6 Å². The Morgan fingerprint density at radius 2 is 1.81 bits per heavy atom. The van der Waals surface area contributed by atoms with E-state index < -0.39 is 0 Å². The first kappa shape index (κ1) is 21.6. The quantitative estimate of drug-likeness (QED) is 0.319. The molecule has 32 heavy (non-hydrogen) atoms. The zero-order chi connectivity index (χ0) is 22.2. The van der Waals surface area contributed by atoms with Crippen LogP contribution in [0.3, 0.4) is 0 Å². The second-order valence-corrected chi connectivity index (χ2v) is 7.75. The van der Waals surface area contributed by atoms with E-state index in [0.717, 1.165) is 17.9 Å². The van der Waals surface area contributed by atoms with Gasteiger partial charge in [-0.15, -0.1) is 0 Å². The summed E-state index contributed by atoms with van der Waals surface area (Å²) in [7, 11) is 1.76. The molecule has 0 saturated heterocycles. The van der Waals surface area contributed by atoms with Crippen LogP contribution in [-0.2, 0) is 13.1 Å². The number of guanidine groups is 1. The summed E-state index contributed by atoms with van der Waals surface area (Å²) in [5, 5.41) is 11.9. The molecule has 0 aliphatic heterocycles. The first-order chi connectivity index (χ1) is 15.7. The van der Waals surface area contributed by atoms with Crippen molar-refractivity contribution in [3.8, 4) is 0 Å². The Morgan fingerprint density at radius 3 is 2.53 bits per heavy atom. The molecule has 0 aliphatic carbocycles. The first-order valence-electron chi connectivity index (χ1n) is 10.5. The molecule has 2 heterocycles. The van der Waals surface area contributed by atoms with E-state index >= 15 is 0 Å². The van der Waals surface area contributed by atoms with Crippen LogP contribution in [0.5, 0.6) is 0 Å². The minimum absolute atomic E-state index is 0.000818. The SMILES string of the molecule is CN=C(NCc1nccn1Cc1ccccc1)NCC(c1ccc(Cl)cc1)n1cccn1. The molecule has 1 atom stereocenters. The maximum Gasteiger partial charge on any atom is 0.191 e. The Hall–Kier alpha value is -3.58. The van der Waals surface area contributed by atoms with Gasteiger partial charge in [0.05, 0.1) is 12.6 Å². The van der Waals surface area contributed by atoms with Crippen LogP contribution < -0.4 is 10.6 Å². The summed E-state index contributed by atoms with van der Waals surface area (Å²) in [6.45, 7) is 1.95. The molecule has 4 rings (SSSR count). The summed E-state index contributed by atoms with van der Waals surface area (Å²) in [5.41, 5.74) is 2.35. The van der Waals surface area contributed by atoms with E-state index in [2.05, 4.69) is 42.4 Å². The van der Waals surface area contributed by atoms with Crippen LogP contribution >= 0.6 is 11.6 Å². The molecule has 0 fully saturated rings. The Bertz CT molecular complexity index is 1120. The van der Waals surface area contributed by atoms with E-state index in [1.54, 1.807) is 13.2 Å². The van der Waals surface area contributed by atoms with Crippen LogP contribution in [0.25, 0.3) is 0 Å². The number of aromatic nitrogens is 4. The maximum absolute atomic E-state index is 6.07. The van der Waals surface area contributed by atoms with E-state index in [-0.39, 0.29) is 6.04 Å². The molecule has 0 bridgehead atoms. The van der Waals surface area contributed by atoms with E-state index in [1.165, 1.54) is 5.56 Å². The van der Waals surface area contributed by atoms with Gasteiger partial charge in [-0.3, -0.25) is 9.67 Å². The highest BCUT2D eigenvalue weighted by atomic mass is 35.5. The number of nitrogens with zero attached hydrogens (tertiary/aromatic N) is 5. The fourth-order valence-electron chi connectivity index (χ4n) is 3.52. The number of rotatable bonds is 8. The van der Waals surface area contributed by atoms with Crippen molar-refractivity contribution in [2.75, 3.05) is 13.6 Å². The van der Waals surface area contributed by atoms with Crippen LogP contribution in [-0.4, -0.2) is 38.9 Å². The van der Waals surface area contributed by atoms with E-state index in [9.17, 15) is 0 Å². The van der Waals surface area contributed by atoms with Crippen LogP contribution in [0, 0.1) is 0 Å². The van der Waals surface area contributed by atoms with Gasteiger partial charge in [-0.1, -0.05) is 54.1 Å². The molecule has 0 amide bonds. The van der Waals surface area contributed by atoms with Crippen molar-refractivity contribution in [1.29, 1.82) is 0 Å². The molecule has 0 radical (unpaired) electrons. The number of hydrogen-bond acceptors (Lipinski definition) is 3. The van der Waals surface area contributed by atoms with Gasteiger partial charge in [0, 0.05) is 49.9 Å². The molecule has 2 N–H and O–H groups in total. The van der Waals surface area contributed by atoms with Crippen molar-refractivity contribution < 1.29 is 0 Å². The lowest BCUT2D eigenvalue weighted by Gasteiger charge is -2.21. The third-order valence-electron chi connectivity index (χ3n) is 5.20. The molecule has 0 spiro atoms. The molecule has 8 heteroatoms. The minimum Gasteiger partial charge on any atom is -0.354 e. The first-order valence-corrected chi connectivity index (χ1v) is 10.8. The predicted molar refractivity (Wildman–Crippen MR) is 128 cm³/mol. The largest absolute Gasteiger partial charge is 0.354 e. The minimum atomic E-state index is 0.000818. The number of imidazole rings is 1. The zero-order valence-corrected chi connectivity index (χ0v) is 18.7. The third kappa shape index (κ3) is 5.56. The molecule has 164 valence electrons. The summed E-state index contributed by atoms with van der Waals surface area (Å²) in [6, 6.07) is 20.1. The Balaban J connectivity index is 1.38. The summed E-state index contributed by atoms with van der Waals surface area (Å²) in [4.78, 5) is 8.87. The fraction of sp³-hybridized carbons (Fsp3) is 0.208. The lowest BCUT2D eigenvalue weighted by atomic mass is 10.1. The Kier molecular flexibility index (Phi) is 7.19. The molecule has 4 aromatic rings. The lowest BCUT2D eigenvalue weighted by Crippen LogP contribution is -2.40. The average molecular weight is 448 g/mol. The number of benzene rings is 2. The molecule has 0 aliphatic rings. The van der Waals surface area contributed by atoms with Crippen molar-refractivity contribution in [1.82, 2.24) is 30.0 Å². The van der Waals surface area contributed by atoms with Crippen LogP contribution in [0.1, 0.15) is 23.0 Å². The van der Waals surface area contributed by atoms with E-state index in [1.807, 2.05) is 71.8 Å². The highest BCUT2D eigenvalue weighted by Crippen LogP contribution is 2.19. The fourth-order valence-corrected chi connectivity index (χ4v) is 3.65. The maximum atomic E-state index is 6.07. The average Bonchev–Trinajstić information content (AvgIpc) is 3.50. The standard InChI is InChI=1S/C24H26ClN7/c1-26-24(29-17-23-27-13-15-31(23)18-19-6-3-2-4-7-19)28-16-22(32-14-5-12-30-32)20-8-10-21(25)11-9-20/h2-15,22H,16-18H2,1H3,(H2,26,28,29). The molecule has 0 saturated carbocycles. The highest BCUT2D eigenvalue weighted by molar-refractivity contribution is 6.30. The number of halogens is 1. The Labute approximate surface area is 192 Å². The second kappa shape index (κ2) is 10.6. The second-order valence-electron chi connectivity index (χ2n) is 7.32. The smallest absolute Gasteiger partial charge is 0.191 e. The van der Waals surface area contributed by atoms with Gasteiger partial charge in [0.2, 0.25) is 0 Å². The Morgan fingerprint density at radius 1 is 1.00 bits per heavy atom. The van der Waals surface area contributed by atoms with Crippen molar-refractivity contribution in [3.05, 3.63) is 107 Å². The summed E-state index contributed by atoms with van der Waals surface area (Å²) in [5.74, 6) is 1.64. The van der Waals surface area contributed by atoms with Gasteiger partial charge in [0.15, 0.2) is 5.96 Å². The van der Waals surface area contributed by atoms with Gasteiger partial charge in [-0.25, -0.2) is 4.98 Å². The van der Waals surface area contributed by atoms with Crippen molar-refractivity contribution >= 4 is 17.6 Å². The van der Waals surface area contributed by atoms with Crippen molar-refractivity contribution in [2.24, 2.45) is 4.99 Å². The topological polar surface area (TPSA) is 72.1 Å². The van der Waals surface area contributed by atoms with Gasteiger partial charge >= 0.3 is 0 Å². The lowest BCUT2D eigenvalue weighted by molar-refractivity contribution is 0.510.